The van der Waals surface area contributed by atoms with E-state index in [9.17, 15) is 0 Å². The van der Waals surface area contributed by atoms with Crippen LogP contribution in [0.2, 0.25) is 0 Å². The van der Waals surface area contributed by atoms with Crippen molar-refractivity contribution < 1.29 is 38.5 Å². The Hall–Kier alpha value is 0.632. The van der Waals surface area contributed by atoms with Crippen molar-refractivity contribution in [2.45, 2.75) is 0 Å². The van der Waals surface area contributed by atoms with Crippen LogP contribution in [0.5, 0.6) is 0 Å². The largest absolute Gasteiger partial charge is 3.00 e. The summed E-state index contributed by atoms with van der Waals surface area (Å²) in [7, 11) is -10.0. The Balaban J connectivity index is -0.0000000178. The van der Waals surface area contributed by atoms with Crippen molar-refractivity contribution >= 4 is 33.0 Å². The van der Waals surface area contributed by atoms with Gasteiger partial charge in [-0.3, -0.25) is 0 Å². The minimum atomic E-state index is -5.39. The van der Waals surface area contributed by atoms with Crippen molar-refractivity contribution in [2.75, 3.05) is 0 Å². The van der Waals surface area contributed by atoms with Crippen LogP contribution in [0.25, 0.3) is 0 Å². The molecule has 0 saturated heterocycles. The molecule has 0 aromatic rings. The first-order valence-corrected chi connectivity index (χ1v) is 4.54. The standard InChI is InChI=1S/Al.3H3N.2H3O4P/c;;;;2*1-5(2,3)4/h;3*1H3;2*(H3,1,2,3,4)/q+3;;;;;/p-3. The van der Waals surface area contributed by atoms with Crippen molar-refractivity contribution in [3.63, 3.8) is 0 Å². The zero-order valence-corrected chi connectivity index (χ0v) is 9.92. The zero-order chi connectivity index (χ0) is 9.00. The second kappa shape index (κ2) is 13.6. The van der Waals surface area contributed by atoms with Crippen LogP contribution in [0.15, 0.2) is 0 Å². The first-order valence-electron chi connectivity index (χ1n) is 1.51. The Morgan fingerprint density at radius 2 is 0.786 bits per heavy atom. The molecule has 0 amide bonds. The molecule has 0 fully saturated rings. The average Bonchev–Trinajstić information content (AvgIpc) is 1.12. The second-order valence-corrected chi connectivity index (χ2v) is 2.88. The molecule has 0 aliphatic carbocycles. The monoisotopic (exact) mass is 271 g/mol. The van der Waals surface area contributed by atoms with E-state index in [1.807, 2.05) is 0 Å². The summed E-state index contributed by atoms with van der Waals surface area (Å²) in [4.78, 5) is 47.2. The summed E-state index contributed by atoms with van der Waals surface area (Å²) in [6, 6.07) is 0. The summed E-state index contributed by atoms with van der Waals surface area (Å²) in [5.74, 6) is 0. The van der Waals surface area contributed by atoms with E-state index in [1.165, 1.54) is 0 Å². The fraction of sp³-hybridized carbons (Fsp3) is 0. The van der Waals surface area contributed by atoms with Gasteiger partial charge in [0.1, 0.15) is 0 Å². The van der Waals surface area contributed by atoms with Gasteiger partial charge in [0.25, 0.3) is 0 Å². The third-order valence-corrected chi connectivity index (χ3v) is 0. The summed E-state index contributed by atoms with van der Waals surface area (Å²) in [6.07, 6.45) is 0. The van der Waals surface area contributed by atoms with E-state index in [0.29, 0.717) is 0 Å². The molecule has 0 bridgehead atoms. The maximum absolute atomic E-state index is 8.88. The third-order valence-electron chi connectivity index (χ3n) is 0. The second-order valence-electron chi connectivity index (χ2n) is 0.960. The molecular formula is H12AlN3O8P2. The molecule has 0 rings (SSSR count). The van der Waals surface area contributed by atoms with Crippen LogP contribution >= 0.6 is 15.6 Å². The van der Waals surface area contributed by atoms with Gasteiger partial charge >= 0.3 is 25.2 Å². The molecule has 0 heterocycles. The van der Waals surface area contributed by atoms with E-state index in [1.54, 1.807) is 0 Å². The predicted molar refractivity (Wildman–Crippen MR) is 42.7 cm³/mol. The summed E-state index contributed by atoms with van der Waals surface area (Å²) < 4.78 is 17.4. The molecule has 88 valence electrons. The molecule has 0 aromatic heterocycles. The molecule has 0 saturated carbocycles. The molecule has 0 unspecified atom stereocenters. The number of hydrogen-bond acceptors (Lipinski definition) is 8. The molecule has 0 atom stereocenters. The Labute approximate surface area is 90.5 Å². The summed E-state index contributed by atoms with van der Waals surface area (Å²) >= 11 is 0. The van der Waals surface area contributed by atoms with Crippen LogP contribution < -0.4 is 33.1 Å². The molecule has 0 aliphatic heterocycles. The molecule has 14 heavy (non-hydrogen) atoms. The van der Waals surface area contributed by atoms with E-state index in [-0.39, 0.29) is 35.8 Å². The SMILES string of the molecule is N.N.N.O=P(O)(O)O.O=P([O-])([O-])[O-].[Al+3]. The Kier molecular flexibility index (Phi) is 35.5. The molecule has 0 aliphatic rings. The fourth-order valence-electron chi connectivity index (χ4n) is 0. The summed E-state index contributed by atoms with van der Waals surface area (Å²) in [6.45, 7) is 0. The van der Waals surface area contributed by atoms with Crippen molar-refractivity contribution in [2.24, 2.45) is 0 Å². The van der Waals surface area contributed by atoms with Gasteiger partial charge in [0.15, 0.2) is 0 Å². The molecule has 12 N–H and O–H groups in total. The minimum absolute atomic E-state index is 0. The quantitative estimate of drug-likeness (QED) is 0.184. The number of hydrogen-bond donors (Lipinski definition) is 6. The van der Waals surface area contributed by atoms with Crippen LogP contribution in [0.3, 0.4) is 0 Å². The van der Waals surface area contributed by atoms with E-state index in [0.717, 1.165) is 0 Å². The fourth-order valence-corrected chi connectivity index (χ4v) is 0. The smallest absolute Gasteiger partial charge is 0.822 e. The van der Waals surface area contributed by atoms with Crippen molar-refractivity contribution in [1.29, 1.82) is 0 Å². The van der Waals surface area contributed by atoms with Crippen molar-refractivity contribution in [1.82, 2.24) is 18.5 Å². The van der Waals surface area contributed by atoms with Gasteiger partial charge in [0, 0.05) is 0 Å². The zero-order valence-electron chi connectivity index (χ0n) is 6.98. The molecular weight excluding hydrogens is 259 g/mol. The van der Waals surface area contributed by atoms with Gasteiger partial charge in [-0.2, -0.15) is 7.82 Å². The minimum Gasteiger partial charge on any atom is -0.822 e. The predicted octanol–water partition coefficient (Wildman–Crippen LogP) is -3.65. The van der Waals surface area contributed by atoms with Gasteiger partial charge in [-0.1, -0.05) is 0 Å². The topological polar surface area (TPSA) is 269 Å². The maximum Gasteiger partial charge on any atom is 3.00 e. The molecule has 14 heteroatoms. The normalized spacial score (nSPS) is 8.43. The van der Waals surface area contributed by atoms with Gasteiger partial charge in [0.2, 0.25) is 0 Å². The van der Waals surface area contributed by atoms with Gasteiger partial charge in [-0.15, -0.1) is 0 Å². The Morgan fingerprint density at radius 3 is 0.786 bits per heavy atom. The Morgan fingerprint density at radius 1 is 0.786 bits per heavy atom. The van der Waals surface area contributed by atoms with Gasteiger partial charge in [-0.25, -0.2) is 4.57 Å². The van der Waals surface area contributed by atoms with E-state index < -0.39 is 15.6 Å². The van der Waals surface area contributed by atoms with Crippen molar-refractivity contribution in [3.8, 4) is 0 Å². The van der Waals surface area contributed by atoms with Crippen LogP contribution in [0.1, 0.15) is 0 Å². The van der Waals surface area contributed by atoms with E-state index in [4.69, 9.17) is 38.5 Å². The van der Waals surface area contributed by atoms with Crippen LogP contribution in [-0.4, -0.2) is 32.0 Å². The molecule has 0 spiro atoms. The van der Waals surface area contributed by atoms with Gasteiger partial charge in [0.05, 0.1) is 0 Å². The maximum atomic E-state index is 8.88. The molecule has 11 nitrogen and oxygen atoms in total. The van der Waals surface area contributed by atoms with Gasteiger partial charge in [-0.05, 0) is 0 Å². The van der Waals surface area contributed by atoms with E-state index >= 15 is 0 Å². The number of phosphoric acid groups is 2. The van der Waals surface area contributed by atoms with Gasteiger partial charge < -0.3 is 52.4 Å². The number of rotatable bonds is 0. The van der Waals surface area contributed by atoms with Crippen molar-refractivity contribution in [3.05, 3.63) is 0 Å². The van der Waals surface area contributed by atoms with E-state index in [2.05, 4.69) is 0 Å². The summed E-state index contributed by atoms with van der Waals surface area (Å²) in [5.41, 5.74) is 0. The molecule has 0 aromatic carbocycles. The van der Waals surface area contributed by atoms with Crippen LogP contribution in [0, 0.1) is 0 Å². The van der Waals surface area contributed by atoms with Crippen LogP contribution in [0.4, 0.5) is 0 Å². The Bertz CT molecular complexity index is 135. The first kappa shape index (κ1) is 36.5. The van der Waals surface area contributed by atoms with Crippen LogP contribution in [-0.2, 0) is 9.13 Å². The molecule has 0 radical (unpaired) electrons. The summed E-state index contributed by atoms with van der Waals surface area (Å²) in [5, 5.41) is 0. The average molecular weight is 271 g/mol. The first-order chi connectivity index (χ1) is 4.00. The third kappa shape index (κ3) is 4270.